The molecule has 0 amide bonds. The standard InChI is InChI=1S/C12H13F2N3S/c1-7-9(6-15)12(17(2)16-7)18-8-3-4-10(13)11(14)5-8/h3-5H,6,15H2,1-2H3. The third-order valence-electron chi connectivity index (χ3n) is 2.60. The SMILES string of the molecule is Cc1nn(C)c(Sc2ccc(F)c(F)c2)c1CN. The summed E-state index contributed by atoms with van der Waals surface area (Å²) in [5.74, 6) is -1.70. The Bertz CT molecular complexity index is 581. The molecule has 1 heterocycles. The van der Waals surface area contributed by atoms with E-state index in [0.717, 1.165) is 22.3 Å². The van der Waals surface area contributed by atoms with E-state index in [-0.39, 0.29) is 0 Å². The number of halogens is 2. The molecule has 18 heavy (non-hydrogen) atoms. The van der Waals surface area contributed by atoms with Crippen LogP contribution in [0.15, 0.2) is 28.1 Å². The molecule has 0 aliphatic carbocycles. The van der Waals surface area contributed by atoms with Crippen LogP contribution in [0.5, 0.6) is 0 Å². The van der Waals surface area contributed by atoms with Gasteiger partial charge in [-0.15, -0.1) is 0 Å². The predicted molar refractivity (Wildman–Crippen MR) is 66.3 cm³/mol. The maximum Gasteiger partial charge on any atom is 0.159 e. The first kappa shape index (κ1) is 13.0. The third-order valence-corrected chi connectivity index (χ3v) is 3.79. The summed E-state index contributed by atoms with van der Waals surface area (Å²) < 4.78 is 27.7. The molecule has 2 N–H and O–H groups in total. The first-order valence-electron chi connectivity index (χ1n) is 5.38. The van der Waals surface area contributed by atoms with Gasteiger partial charge in [0.25, 0.3) is 0 Å². The monoisotopic (exact) mass is 269 g/mol. The number of aromatic nitrogens is 2. The van der Waals surface area contributed by atoms with Crippen molar-refractivity contribution in [3.8, 4) is 0 Å². The fraction of sp³-hybridized carbons (Fsp3) is 0.250. The van der Waals surface area contributed by atoms with E-state index in [1.54, 1.807) is 11.7 Å². The van der Waals surface area contributed by atoms with E-state index in [0.29, 0.717) is 11.4 Å². The molecule has 0 saturated carbocycles. The first-order chi connectivity index (χ1) is 8.52. The smallest absolute Gasteiger partial charge is 0.159 e. The number of nitrogens with zero attached hydrogens (tertiary/aromatic N) is 2. The van der Waals surface area contributed by atoms with Crippen molar-refractivity contribution in [2.24, 2.45) is 12.8 Å². The summed E-state index contributed by atoms with van der Waals surface area (Å²) in [7, 11) is 1.80. The quantitative estimate of drug-likeness (QED) is 0.931. The second-order valence-corrected chi connectivity index (χ2v) is 4.94. The molecule has 0 fully saturated rings. The average Bonchev–Trinajstić information content (AvgIpc) is 2.58. The maximum atomic E-state index is 13.1. The summed E-state index contributed by atoms with van der Waals surface area (Å²) in [5.41, 5.74) is 7.45. The summed E-state index contributed by atoms with van der Waals surface area (Å²) >= 11 is 1.32. The van der Waals surface area contributed by atoms with Crippen molar-refractivity contribution in [2.75, 3.05) is 0 Å². The average molecular weight is 269 g/mol. The number of rotatable bonds is 3. The van der Waals surface area contributed by atoms with Crippen molar-refractivity contribution in [1.82, 2.24) is 9.78 Å². The highest BCUT2D eigenvalue weighted by Gasteiger charge is 2.14. The Kier molecular flexibility index (Phi) is 3.68. The molecule has 0 unspecified atom stereocenters. The lowest BCUT2D eigenvalue weighted by Crippen LogP contribution is -1.99. The van der Waals surface area contributed by atoms with Gasteiger partial charge in [0.1, 0.15) is 5.03 Å². The predicted octanol–water partition coefficient (Wildman–Crippen LogP) is 2.62. The minimum Gasteiger partial charge on any atom is -0.326 e. The Labute approximate surface area is 108 Å². The molecular weight excluding hydrogens is 256 g/mol. The highest BCUT2D eigenvalue weighted by molar-refractivity contribution is 7.99. The van der Waals surface area contributed by atoms with Crippen LogP contribution >= 0.6 is 11.8 Å². The maximum absolute atomic E-state index is 13.1. The van der Waals surface area contributed by atoms with Gasteiger partial charge in [0.15, 0.2) is 11.6 Å². The molecule has 96 valence electrons. The lowest BCUT2D eigenvalue weighted by Gasteiger charge is -2.05. The van der Waals surface area contributed by atoms with Crippen molar-refractivity contribution in [3.05, 3.63) is 41.1 Å². The summed E-state index contributed by atoms with van der Waals surface area (Å²) in [4.78, 5) is 0.617. The first-order valence-corrected chi connectivity index (χ1v) is 6.20. The van der Waals surface area contributed by atoms with Gasteiger partial charge in [-0.2, -0.15) is 5.10 Å². The van der Waals surface area contributed by atoms with Gasteiger partial charge >= 0.3 is 0 Å². The van der Waals surface area contributed by atoms with Gasteiger partial charge in [0, 0.05) is 24.1 Å². The van der Waals surface area contributed by atoms with E-state index in [1.807, 2.05) is 6.92 Å². The normalized spacial score (nSPS) is 10.9. The van der Waals surface area contributed by atoms with Crippen molar-refractivity contribution in [3.63, 3.8) is 0 Å². The highest BCUT2D eigenvalue weighted by atomic mass is 32.2. The van der Waals surface area contributed by atoms with Crippen molar-refractivity contribution < 1.29 is 8.78 Å². The molecule has 1 aromatic heterocycles. The van der Waals surface area contributed by atoms with E-state index >= 15 is 0 Å². The molecule has 0 atom stereocenters. The van der Waals surface area contributed by atoms with E-state index in [9.17, 15) is 8.78 Å². The van der Waals surface area contributed by atoms with Crippen molar-refractivity contribution >= 4 is 11.8 Å². The number of hydrogen-bond donors (Lipinski definition) is 1. The lowest BCUT2D eigenvalue weighted by molar-refractivity contribution is 0.506. The van der Waals surface area contributed by atoms with Crippen LogP contribution in [-0.4, -0.2) is 9.78 Å². The zero-order chi connectivity index (χ0) is 13.3. The summed E-state index contributed by atoms with van der Waals surface area (Å²) in [5, 5.41) is 5.11. The largest absolute Gasteiger partial charge is 0.326 e. The highest BCUT2D eigenvalue weighted by Crippen LogP contribution is 2.32. The molecule has 0 bridgehead atoms. The Morgan fingerprint density at radius 3 is 2.67 bits per heavy atom. The molecular formula is C12H13F2N3S. The van der Waals surface area contributed by atoms with Crippen LogP contribution in [0.4, 0.5) is 8.78 Å². The van der Waals surface area contributed by atoms with E-state index in [1.165, 1.54) is 23.9 Å². The third kappa shape index (κ3) is 2.39. The number of benzene rings is 1. The molecule has 1 aromatic carbocycles. The number of hydrogen-bond acceptors (Lipinski definition) is 3. The molecule has 2 rings (SSSR count). The van der Waals surface area contributed by atoms with Gasteiger partial charge in [0.2, 0.25) is 0 Å². The Hall–Kier alpha value is -1.40. The van der Waals surface area contributed by atoms with Crippen molar-refractivity contribution in [2.45, 2.75) is 23.4 Å². The minimum absolute atomic E-state index is 0.367. The zero-order valence-electron chi connectivity index (χ0n) is 10.1. The summed E-state index contributed by atoms with van der Waals surface area (Å²) in [6.45, 7) is 2.24. The topological polar surface area (TPSA) is 43.8 Å². The number of nitrogens with two attached hydrogens (primary N) is 1. The molecule has 0 radical (unpaired) electrons. The lowest BCUT2D eigenvalue weighted by atomic mass is 10.3. The summed E-state index contributed by atoms with van der Waals surface area (Å²) in [6.07, 6.45) is 0. The van der Waals surface area contributed by atoms with Gasteiger partial charge in [-0.3, -0.25) is 4.68 Å². The number of aryl methyl sites for hydroxylation is 2. The fourth-order valence-electron chi connectivity index (χ4n) is 1.70. The van der Waals surface area contributed by atoms with Crippen LogP contribution < -0.4 is 5.73 Å². The van der Waals surface area contributed by atoms with Gasteiger partial charge in [-0.05, 0) is 25.1 Å². The van der Waals surface area contributed by atoms with Crippen LogP contribution in [-0.2, 0) is 13.6 Å². The molecule has 0 spiro atoms. The van der Waals surface area contributed by atoms with Crippen LogP contribution in [0.3, 0.4) is 0 Å². The van der Waals surface area contributed by atoms with E-state index in [4.69, 9.17) is 5.73 Å². The van der Waals surface area contributed by atoms with Gasteiger partial charge in [-0.25, -0.2) is 8.78 Å². The van der Waals surface area contributed by atoms with Crippen LogP contribution in [0, 0.1) is 18.6 Å². The van der Waals surface area contributed by atoms with Crippen LogP contribution in [0.1, 0.15) is 11.3 Å². The fourth-order valence-corrected chi connectivity index (χ4v) is 2.74. The van der Waals surface area contributed by atoms with Gasteiger partial charge in [-0.1, -0.05) is 11.8 Å². The summed E-state index contributed by atoms with van der Waals surface area (Å²) in [6, 6.07) is 3.82. The molecule has 3 nitrogen and oxygen atoms in total. The molecule has 0 saturated heterocycles. The van der Waals surface area contributed by atoms with Crippen molar-refractivity contribution in [1.29, 1.82) is 0 Å². The molecule has 0 aliphatic heterocycles. The Morgan fingerprint density at radius 2 is 2.06 bits per heavy atom. The molecule has 6 heteroatoms. The zero-order valence-corrected chi connectivity index (χ0v) is 10.9. The second-order valence-electron chi connectivity index (χ2n) is 3.87. The minimum atomic E-state index is -0.854. The Morgan fingerprint density at radius 1 is 1.33 bits per heavy atom. The van der Waals surface area contributed by atoms with Gasteiger partial charge < -0.3 is 5.73 Å². The second kappa shape index (κ2) is 5.07. The van der Waals surface area contributed by atoms with E-state index in [2.05, 4.69) is 5.10 Å². The van der Waals surface area contributed by atoms with Crippen LogP contribution in [0.25, 0.3) is 0 Å². The van der Waals surface area contributed by atoms with E-state index < -0.39 is 11.6 Å². The van der Waals surface area contributed by atoms with Gasteiger partial charge in [0.05, 0.1) is 5.69 Å². The Balaban J connectivity index is 2.36. The molecule has 2 aromatic rings. The molecule has 0 aliphatic rings. The van der Waals surface area contributed by atoms with Crippen LogP contribution in [0.2, 0.25) is 0 Å².